The van der Waals surface area contributed by atoms with Gasteiger partial charge in [0.15, 0.2) is 0 Å². The van der Waals surface area contributed by atoms with E-state index in [0.29, 0.717) is 34.5 Å². The summed E-state index contributed by atoms with van der Waals surface area (Å²) in [7, 11) is 0. The van der Waals surface area contributed by atoms with Crippen molar-refractivity contribution in [2.45, 2.75) is 0 Å². The average molecular weight is 1350 g/mol. The maximum Gasteiger partial charge on any atom is 0.128 e. The van der Waals surface area contributed by atoms with Gasteiger partial charge in [0.05, 0.1) is 13.2 Å². The van der Waals surface area contributed by atoms with Gasteiger partial charge in [0.1, 0.15) is 74.1 Å². The Morgan fingerprint density at radius 1 is 0.173 bits per heavy atom. The molecule has 18 aromatic rings. The number of aliphatic hydroxyl groups is 2. The van der Waals surface area contributed by atoms with Gasteiger partial charge in [-0.1, -0.05) is 255 Å². The van der Waals surface area contributed by atoms with Crippen molar-refractivity contribution in [3.05, 3.63) is 315 Å². The van der Waals surface area contributed by atoms with Crippen molar-refractivity contribution in [1.82, 2.24) is 0 Å². The Balaban J connectivity index is 0.780. The second-order valence-corrected chi connectivity index (χ2v) is 26.3. The van der Waals surface area contributed by atoms with E-state index < -0.39 is 0 Å². The number of rotatable bonds is 21. The lowest BCUT2D eigenvalue weighted by molar-refractivity contribution is 0.202. The van der Waals surface area contributed by atoms with Crippen molar-refractivity contribution < 1.29 is 38.6 Å². The topological polar surface area (TPSA) is 95.8 Å². The molecule has 0 saturated heterocycles. The minimum absolute atomic E-state index is 0.127. The van der Waals surface area contributed by atoms with Gasteiger partial charge in [-0.05, 0) is 191 Å². The molecule has 18 rings (SSSR count). The maximum atomic E-state index is 10.0. The molecule has 0 aliphatic carbocycles. The molecule has 0 spiro atoms. The predicted molar refractivity (Wildman–Crippen MR) is 429 cm³/mol. The van der Waals surface area contributed by atoms with Crippen LogP contribution in [0.3, 0.4) is 0 Å². The molecule has 0 saturated carbocycles. The fourth-order valence-electron chi connectivity index (χ4n) is 15.7. The molecular weight excluding hydrogens is 1280 g/mol. The highest BCUT2D eigenvalue weighted by Crippen LogP contribution is 2.51. The van der Waals surface area contributed by atoms with Crippen LogP contribution in [0.4, 0.5) is 0 Å². The molecule has 0 amide bonds. The van der Waals surface area contributed by atoms with E-state index in [-0.39, 0.29) is 52.9 Å². The van der Waals surface area contributed by atoms with Gasteiger partial charge in [0.25, 0.3) is 0 Å². The smallest absolute Gasteiger partial charge is 0.128 e. The summed E-state index contributed by atoms with van der Waals surface area (Å²) in [5.41, 5.74) is 9.81. The molecule has 0 aliphatic heterocycles. The van der Waals surface area contributed by atoms with E-state index in [1.165, 1.54) is 43.1 Å². The number of hydrogen-bond donors (Lipinski definition) is 2. The lowest BCUT2D eigenvalue weighted by Gasteiger charge is -2.22. The Hall–Kier alpha value is -12.7. The van der Waals surface area contributed by atoms with Crippen LogP contribution in [0.5, 0.6) is 34.5 Å². The second kappa shape index (κ2) is 27.7. The van der Waals surface area contributed by atoms with Crippen LogP contribution in [0.1, 0.15) is 0 Å². The zero-order chi connectivity index (χ0) is 69.5. The van der Waals surface area contributed by atoms with Crippen LogP contribution in [-0.2, 0) is 0 Å². The minimum Gasteiger partial charge on any atom is -0.491 e. The van der Waals surface area contributed by atoms with Crippen molar-refractivity contribution in [2.24, 2.45) is 0 Å². The Kier molecular flexibility index (Phi) is 16.9. The maximum absolute atomic E-state index is 10.0. The quantitative estimate of drug-likeness (QED) is 0.0543. The molecule has 0 atom stereocenters. The second-order valence-electron chi connectivity index (χ2n) is 26.3. The molecule has 0 fully saturated rings. The summed E-state index contributed by atoms with van der Waals surface area (Å²) >= 11 is 0. The zero-order valence-electron chi connectivity index (χ0n) is 57.0. The van der Waals surface area contributed by atoms with E-state index in [9.17, 15) is 10.2 Å². The molecule has 104 heavy (non-hydrogen) atoms. The number of hydrogen-bond acceptors (Lipinski definition) is 8. The number of ether oxygens (including phenoxy) is 6. The molecule has 8 nitrogen and oxygen atoms in total. The molecular formula is C96H70O8. The van der Waals surface area contributed by atoms with E-state index in [2.05, 4.69) is 267 Å². The van der Waals surface area contributed by atoms with E-state index in [4.69, 9.17) is 28.4 Å². The summed E-state index contributed by atoms with van der Waals surface area (Å²) in [6.45, 7) is 0.769. The van der Waals surface area contributed by atoms with Gasteiger partial charge >= 0.3 is 0 Å². The van der Waals surface area contributed by atoms with Crippen LogP contribution in [0.2, 0.25) is 0 Å². The Morgan fingerprint density at radius 2 is 0.394 bits per heavy atom. The summed E-state index contributed by atoms with van der Waals surface area (Å²) in [6.07, 6.45) is 0. The van der Waals surface area contributed by atoms with Gasteiger partial charge < -0.3 is 38.6 Å². The molecule has 502 valence electrons. The lowest BCUT2D eigenvalue weighted by atomic mass is 9.88. The first kappa shape index (κ1) is 63.5. The molecule has 0 unspecified atom stereocenters. The molecule has 18 aromatic carbocycles. The molecule has 8 heteroatoms. The standard InChI is InChI=1S/C96H70O8/c97-49-51-99-85-43-35-61-17-1-9-25-73(61)91(85)93-75-27-11-3-19-63(75)37-45-87(93)101-53-55-103-89-47-39-67-57-69(83-59-65-21-5-7-23-71(65)79-29-13-15-31-81(79)83)33-41-77(67)95(89)96-78-42-34-70(84-60-66-22-6-8-24-72(66)80-30-14-16-32-82(80)84)58-68(78)40-48-90(96)104-56-54-102-88-46-38-64-20-4-12-28-76(64)94(88)92-74-26-10-2-18-62(74)36-44-86(92)100-52-50-98/h1-48,57-60,97-98H,49-56H2. The molecule has 0 aromatic heterocycles. The van der Waals surface area contributed by atoms with Crippen molar-refractivity contribution in [3.8, 4) is 90.1 Å². The third kappa shape index (κ3) is 11.6. The van der Waals surface area contributed by atoms with Crippen LogP contribution in [0, 0.1) is 0 Å². The van der Waals surface area contributed by atoms with Crippen molar-refractivity contribution in [2.75, 3.05) is 52.9 Å². The van der Waals surface area contributed by atoms with Gasteiger partial charge in [0.2, 0.25) is 0 Å². The average Bonchev–Trinajstić information content (AvgIpc) is 0.732. The highest BCUT2D eigenvalue weighted by atomic mass is 16.5. The third-order valence-corrected chi connectivity index (χ3v) is 20.3. The third-order valence-electron chi connectivity index (χ3n) is 20.3. The highest BCUT2D eigenvalue weighted by molar-refractivity contribution is 6.18. The first-order valence-electron chi connectivity index (χ1n) is 35.6. The number of fused-ring (bicyclic) bond motifs is 12. The van der Waals surface area contributed by atoms with Crippen LogP contribution in [0.15, 0.2) is 315 Å². The highest BCUT2D eigenvalue weighted by Gasteiger charge is 2.25. The summed E-state index contributed by atoms with van der Waals surface area (Å²) in [4.78, 5) is 0. The van der Waals surface area contributed by atoms with Crippen LogP contribution < -0.4 is 28.4 Å². The number of benzene rings is 18. The molecule has 0 heterocycles. The molecule has 0 aliphatic rings. The van der Waals surface area contributed by atoms with Crippen LogP contribution in [-0.4, -0.2) is 63.1 Å². The summed E-state index contributed by atoms with van der Waals surface area (Å²) < 4.78 is 41.3. The van der Waals surface area contributed by atoms with Gasteiger partial charge in [0, 0.05) is 33.4 Å². The fourth-order valence-corrected chi connectivity index (χ4v) is 15.7. The number of aliphatic hydroxyl groups excluding tert-OH is 2. The molecule has 2 N–H and O–H groups in total. The predicted octanol–water partition coefficient (Wildman–Crippen LogP) is 23.2. The normalized spacial score (nSPS) is 11.7. The Morgan fingerprint density at radius 3 is 0.692 bits per heavy atom. The SMILES string of the molecule is OCCOc1ccc2ccccc2c1-c1c(OCCOc2ccc3cc(-c4cc5ccccc5c5ccccc45)ccc3c2-c2c(OCCOc3ccc4ccccc4c3-c3c(OCCO)ccc4ccccc34)ccc3cc(-c4cc5ccccc5c5ccccc45)ccc23)ccc2ccccc12. The van der Waals surface area contributed by atoms with E-state index >= 15 is 0 Å². The summed E-state index contributed by atoms with van der Waals surface area (Å²) in [5.74, 6) is 3.98. The van der Waals surface area contributed by atoms with Crippen molar-refractivity contribution in [1.29, 1.82) is 0 Å². The summed E-state index contributed by atoms with van der Waals surface area (Å²) in [5, 5.41) is 41.9. The van der Waals surface area contributed by atoms with Gasteiger partial charge in [-0.3, -0.25) is 0 Å². The van der Waals surface area contributed by atoms with Crippen molar-refractivity contribution >= 4 is 108 Å². The van der Waals surface area contributed by atoms with Crippen molar-refractivity contribution in [3.63, 3.8) is 0 Å². The first-order chi connectivity index (χ1) is 51.5. The van der Waals surface area contributed by atoms with E-state index in [0.717, 1.165) is 120 Å². The largest absolute Gasteiger partial charge is 0.491 e. The van der Waals surface area contributed by atoms with Crippen LogP contribution in [0.25, 0.3) is 163 Å². The lowest BCUT2D eigenvalue weighted by Crippen LogP contribution is -2.12. The monoisotopic (exact) mass is 1350 g/mol. The molecule has 0 bridgehead atoms. The van der Waals surface area contributed by atoms with Gasteiger partial charge in [-0.25, -0.2) is 0 Å². The minimum atomic E-state index is -0.127. The fraction of sp³-hybridized carbons (Fsp3) is 0.0833. The van der Waals surface area contributed by atoms with Gasteiger partial charge in [-0.15, -0.1) is 0 Å². The van der Waals surface area contributed by atoms with Crippen LogP contribution >= 0.6 is 0 Å². The first-order valence-corrected chi connectivity index (χ1v) is 35.6. The Bertz CT molecular complexity index is 5990. The summed E-state index contributed by atoms with van der Waals surface area (Å²) in [6, 6.07) is 111. The van der Waals surface area contributed by atoms with Gasteiger partial charge in [-0.2, -0.15) is 0 Å². The Labute approximate surface area is 601 Å². The van der Waals surface area contributed by atoms with E-state index in [1.54, 1.807) is 0 Å². The molecule has 0 radical (unpaired) electrons. The van der Waals surface area contributed by atoms with E-state index in [1.807, 2.05) is 48.5 Å². The zero-order valence-corrected chi connectivity index (χ0v) is 57.0.